The predicted molar refractivity (Wildman–Crippen MR) is 60.5 cm³/mol. The molecule has 0 radical (unpaired) electrons. The molecule has 4 rings (SSSR count). The number of epoxide rings is 1. The summed E-state index contributed by atoms with van der Waals surface area (Å²) in [6.45, 7) is 0. The summed E-state index contributed by atoms with van der Waals surface area (Å²) < 4.78 is 5.51. The quantitative estimate of drug-likeness (QED) is 0.679. The minimum Gasteiger partial charge on any atom is -0.364 e. The molecule has 2 heterocycles. The monoisotopic (exact) mass is 213 g/mol. The van der Waals surface area contributed by atoms with Crippen molar-refractivity contribution >= 4 is 10.9 Å². The van der Waals surface area contributed by atoms with Gasteiger partial charge in [-0.05, 0) is 24.5 Å². The number of H-pyrrole nitrogens is 1. The summed E-state index contributed by atoms with van der Waals surface area (Å²) in [5.41, 5.74) is 3.03. The van der Waals surface area contributed by atoms with Crippen LogP contribution in [0.25, 0.3) is 10.9 Å². The standard InChI is InChI=1S/C13H11NO2/c15-13-11-8(5-6-10-12(11)16-10)7-3-1-2-4-9(7)14-13/h1-4,10,12H,5-6H2,(H,14,15)/t10-,12-/m0/s1. The number of hydrogen-bond acceptors (Lipinski definition) is 2. The predicted octanol–water partition coefficient (Wildman–Crippen LogP) is 1.91. The number of hydrogen-bond donors (Lipinski definition) is 1. The Morgan fingerprint density at radius 2 is 2.19 bits per heavy atom. The second-order valence-corrected chi connectivity index (χ2v) is 4.53. The first-order chi connectivity index (χ1) is 7.84. The van der Waals surface area contributed by atoms with E-state index in [9.17, 15) is 4.79 Å². The van der Waals surface area contributed by atoms with E-state index in [1.807, 2.05) is 18.2 Å². The van der Waals surface area contributed by atoms with Crippen molar-refractivity contribution in [3.63, 3.8) is 0 Å². The van der Waals surface area contributed by atoms with Gasteiger partial charge in [0, 0.05) is 10.9 Å². The minimum atomic E-state index is 0.0286. The Morgan fingerprint density at radius 3 is 3.12 bits per heavy atom. The SMILES string of the molecule is O=c1[nH]c2ccccc2c2c1[C@H]1O[C@H]1CC2. The molecule has 2 atom stereocenters. The molecule has 0 unspecified atom stereocenters. The van der Waals surface area contributed by atoms with Crippen LogP contribution in [0.3, 0.4) is 0 Å². The zero-order chi connectivity index (χ0) is 10.7. The average molecular weight is 213 g/mol. The van der Waals surface area contributed by atoms with Crippen molar-refractivity contribution in [3.05, 3.63) is 45.7 Å². The van der Waals surface area contributed by atoms with Gasteiger partial charge in [0.05, 0.1) is 11.7 Å². The fourth-order valence-corrected chi connectivity index (χ4v) is 2.80. The van der Waals surface area contributed by atoms with Gasteiger partial charge in [0.1, 0.15) is 6.10 Å². The first-order valence-electron chi connectivity index (χ1n) is 5.64. The molecule has 2 aromatic rings. The number of benzene rings is 1. The van der Waals surface area contributed by atoms with Crippen molar-refractivity contribution in [3.8, 4) is 0 Å². The molecule has 1 aliphatic heterocycles. The van der Waals surface area contributed by atoms with Gasteiger partial charge in [0.2, 0.25) is 0 Å². The number of fused-ring (bicyclic) bond motifs is 5. The third kappa shape index (κ3) is 0.985. The van der Waals surface area contributed by atoms with Crippen LogP contribution in [0.15, 0.2) is 29.1 Å². The van der Waals surface area contributed by atoms with Crippen LogP contribution in [0, 0.1) is 0 Å². The molecule has 3 nitrogen and oxygen atoms in total. The Bertz CT molecular complexity index is 644. The number of rotatable bonds is 0. The summed E-state index contributed by atoms with van der Waals surface area (Å²) in [6, 6.07) is 7.99. The van der Waals surface area contributed by atoms with Gasteiger partial charge < -0.3 is 9.72 Å². The first-order valence-corrected chi connectivity index (χ1v) is 5.64. The lowest BCUT2D eigenvalue weighted by Gasteiger charge is -2.13. The topological polar surface area (TPSA) is 45.4 Å². The number of aromatic nitrogens is 1. The average Bonchev–Trinajstić information content (AvgIpc) is 3.07. The molecule has 2 aliphatic rings. The Hall–Kier alpha value is -1.61. The van der Waals surface area contributed by atoms with E-state index in [4.69, 9.17) is 4.74 Å². The largest absolute Gasteiger partial charge is 0.364 e. The Labute approximate surface area is 92.1 Å². The maximum atomic E-state index is 12.0. The summed E-state index contributed by atoms with van der Waals surface area (Å²) in [7, 11) is 0. The molecule has 0 bridgehead atoms. The van der Waals surface area contributed by atoms with E-state index in [2.05, 4.69) is 11.1 Å². The second-order valence-electron chi connectivity index (χ2n) is 4.53. The van der Waals surface area contributed by atoms with Crippen LogP contribution < -0.4 is 5.56 Å². The maximum absolute atomic E-state index is 12.0. The number of aryl methyl sites for hydroxylation is 1. The molecule has 80 valence electrons. The lowest BCUT2D eigenvalue weighted by atomic mass is 9.90. The normalized spacial score (nSPS) is 26.2. The van der Waals surface area contributed by atoms with Gasteiger partial charge in [-0.3, -0.25) is 4.79 Å². The van der Waals surface area contributed by atoms with Crippen molar-refractivity contribution in [2.45, 2.75) is 25.0 Å². The third-order valence-electron chi connectivity index (χ3n) is 3.62. The summed E-state index contributed by atoms with van der Waals surface area (Å²) in [5.74, 6) is 0. The lowest BCUT2D eigenvalue weighted by Crippen LogP contribution is -2.19. The van der Waals surface area contributed by atoms with Crippen molar-refractivity contribution < 1.29 is 4.74 Å². The Kier molecular flexibility index (Phi) is 1.46. The van der Waals surface area contributed by atoms with E-state index in [1.54, 1.807) is 0 Å². The number of pyridine rings is 1. The first kappa shape index (κ1) is 8.53. The highest BCUT2D eigenvalue weighted by molar-refractivity contribution is 5.83. The molecule has 1 N–H and O–H groups in total. The van der Waals surface area contributed by atoms with Crippen LogP contribution in [-0.2, 0) is 11.2 Å². The van der Waals surface area contributed by atoms with Crippen molar-refractivity contribution in [2.75, 3.05) is 0 Å². The molecule has 16 heavy (non-hydrogen) atoms. The summed E-state index contributed by atoms with van der Waals surface area (Å²) in [6.07, 6.45) is 2.37. The van der Waals surface area contributed by atoms with Gasteiger partial charge in [-0.15, -0.1) is 0 Å². The Balaban J connectivity index is 2.15. The van der Waals surface area contributed by atoms with Crippen molar-refractivity contribution in [1.82, 2.24) is 4.98 Å². The van der Waals surface area contributed by atoms with Crippen LogP contribution in [0.1, 0.15) is 23.7 Å². The minimum absolute atomic E-state index is 0.0286. The fourth-order valence-electron chi connectivity index (χ4n) is 2.80. The van der Waals surface area contributed by atoms with E-state index >= 15 is 0 Å². The van der Waals surface area contributed by atoms with Crippen LogP contribution in [0.5, 0.6) is 0 Å². The zero-order valence-corrected chi connectivity index (χ0v) is 8.69. The highest BCUT2D eigenvalue weighted by atomic mass is 16.6. The number of aromatic amines is 1. The van der Waals surface area contributed by atoms with Crippen LogP contribution in [0.4, 0.5) is 0 Å². The van der Waals surface area contributed by atoms with Gasteiger partial charge in [0.25, 0.3) is 5.56 Å². The molecule has 0 amide bonds. The van der Waals surface area contributed by atoms with Gasteiger partial charge in [-0.25, -0.2) is 0 Å². The van der Waals surface area contributed by atoms with Gasteiger partial charge in [-0.1, -0.05) is 18.2 Å². The van der Waals surface area contributed by atoms with Crippen LogP contribution in [0.2, 0.25) is 0 Å². The molecule has 3 heteroatoms. The molecular weight excluding hydrogens is 202 g/mol. The molecule has 1 fully saturated rings. The van der Waals surface area contributed by atoms with Gasteiger partial charge in [0.15, 0.2) is 0 Å². The van der Waals surface area contributed by atoms with Crippen molar-refractivity contribution in [2.24, 2.45) is 0 Å². The molecule has 1 aromatic heterocycles. The third-order valence-corrected chi connectivity index (χ3v) is 3.62. The van der Waals surface area contributed by atoms with E-state index in [1.165, 1.54) is 10.9 Å². The molecule has 0 saturated carbocycles. The van der Waals surface area contributed by atoms with E-state index < -0.39 is 0 Å². The van der Waals surface area contributed by atoms with Crippen molar-refractivity contribution in [1.29, 1.82) is 0 Å². The van der Waals surface area contributed by atoms with Crippen LogP contribution in [-0.4, -0.2) is 11.1 Å². The number of ether oxygens (including phenoxy) is 1. The van der Waals surface area contributed by atoms with Gasteiger partial charge >= 0.3 is 0 Å². The highest BCUT2D eigenvalue weighted by Gasteiger charge is 2.46. The molecule has 1 aliphatic carbocycles. The fraction of sp³-hybridized carbons (Fsp3) is 0.308. The zero-order valence-electron chi connectivity index (χ0n) is 8.69. The van der Waals surface area contributed by atoms with E-state index in [0.29, 0.717) is 6.10 Å². The number of nitrogens with one attached hydrogen (secondary N) is 1. The molecule has 1 saturated heterocycles. The Morgan fingerprint density at radius 1 is 1.31 bits per heavy atom. The molecule has 0 spiro atoms. The lowest BCUT2D eigenvalue weighted by molar-refractivity contribution is 0.372. The molecular formula is C13H11NO2. The highest BCUT2D eigenvalue weighted by Crippen LogP contribution is 2.46. The summed E-state index contributed by atoms with van der Waals surface area (Å²) in [5, 5.41) is 1.17. The second kappa shape index (κ2) is 2.74. The van der Waals surface area contributed by atoms with Gasteiger partial charge in [-0.2, -0.15) is 0 Å². The summed E-state index contributed by atoms with van der Waals surface area (Å²) >= 11 is 0. The molecule has 1 aromatic carbocycles. The maximum Gasteiger partial charge on any atom is 0.254 e. The van der Waals surface area contributed by atoms with E-state index in [-0.39, 0.29) is 11.7 Å². The summed E-state index contributed by atoms with van der Waals surface area (Å²) in [4.78, 5) is 14.9. The van der Waals surface area contributed by atoms with Crippen LogP contribution >= 0.6 is 0 Å². The smallest absolute Gasteiger partial charge is 0.254 e. The number of para-hydroxylation sites is 1. The van der Waals surface area contributed by atoms with E-state index in [0.717, 1.165) is 23.9 Å².